The van der Waals surface area contributed by atoms with Crippen LogP contribution in [-0.2, 0) is 0 Å². The first kappa shape index (κ1) is 12.8. The zero-order valence-corrected chi connectivity index (χ0v) is 13.4. The highest BCUT2D eigenvalue weighted by Gasteiger charge is 2.21. The molecule has 1 unspecified atom stereocenters. The third-order valence-corrected chi connectivity index (χ3v) is 4.80. The maximum Gasteiger partial charge on any atom is 0.0285 e. The number of halogens is 1. The minimum absolute atomic E-state index is 0.350. The van der Waals surface area contributed by atoms with Gasteiger partial charge in [0.2, 0.25) is 0 Å². The highest BCUT2D eigenvalue weighted by Crippen LogP contribution is 2.40. The van der Waals surface area contributed by atoms with Crippen LogP contribution in [0, 0.1) is 6.92 Å². The first-order valence-electron chi connectivity index (χ1n) is 7.20. The Morgan fingerprint density at radius 2 is 1.71 bits per heavy atom. The lowest BCUT2D eigenvalue weighted by Gasteiger charge is -2.16. The number of benzene rings is 3. The average molecular weight is 335 g/mol. The van der Waals surface area contributed by atoms with Gasteiger partial charge in [0.1, 0.15) is 0 Å². The van der Waals surface area contributed by atoms with Gasteiger partial charge in [-0.3, -0.25) is 0 Å². The van der Waals surface area contributed by atoms with Crippen LogP contribution >= 0.6 is 15.9 Å². The first-order chi connectivity index (χ1) is 10.2. The lowest BCUT2D eigenvalue weighted by atomic mass is 9.88. The summed E-state index contributed by atoms with van der Waals surface area (Å²) in [7, 11) is 0. The van der Waals surface area contributed by atoms with Crippen LogP contribution in [0.4, 0.5) is 0 Å². The van der Waals surface area contributed by atoms with Crippen molar-refractivity contribution >= 4 is 32.8 Å². The molecule has 0 fully saturated rings. The summed E-state index contributed by atoms with van der Waals surface area (Å²) in [6.07, 6.45) is 4.55. The highest BCUT2D eigenvalue weighted by atomic mass is 79.9. The smallest absolute Gasteiger partial charge is 0.0285 e. The van der Waals surface area contributed by atoms with E-state index >= 15 is 0 Å². The molecule has 0 bridgehead atoms. The van der Waals surface area contributed by atoms with Crippen LogP contribution in [0.1, 0.15) is 28.2 Å². The molecule has 21 heavy (non-hydrogen) atoms. The average Bonchev–Trinajstić information content (AvgIpc) is 2.91. The molecule has 1 heteroatoms. The number of allylic oxidation sites excluding steroid dienone is 1. The molecule has 0 saturated carbocycles. The Hall–Kier alpha value is -1.86. The molecule has 4 rings (SSSR count). The van der Waals surface area contributed by atoms with Crippen molar-refractivity contribution in [2.75, 3.05) is 0 Å². The molecule has 3 aromatic rings. The second-order valence-corrected chi connectivity index (χ2v) is 6.55. The van der Waals surface area contributed by atoms with Crippen molar-refractivity contribution in [2.45, 2.75) is 12.8 Å². The van der Waals surface area contributed by atoms with Gasteiger partial charge in [-0.2, -0.15) is 0 Å². The van der Waals surface area contributed by atoms with Crippen LogP contribution in [0.3, 0.4) is 0 Å². The van der Waals surface area contributed by atoms with Crippen molar-refractivity contribution in [3.63, 3.8) is 0 Å². The normalized spacial score (nSPS) is 16.4. The van der Waals surface area contributed by atoms with E-state index in [1.54, 1.807) is 0 Å². The topological polar surface area (TPSA) is 0 Å². The standard InChI is InChI=1S/C20H15Br/c1-13-5-4-8-17-19(13)11-15(21)12-20(17)18-10-9-14-6-2-3-7-16(14)18/h2-12,18H,1H3. The van der Waals surface area contributed by atoms with E-state index < -0.39 is 0 Å². The summed E-state index contributed by atoms with van der Waals surface area (Å²) < 4.78 is 1.15. The molecular formula is C20H15Br. The highest BCUT2D eigenvalue weighted by molar-refractivity contribution is 9.10. The fraction of sp³-hybridized carbons (Fsp3) is 0.100. The second-order valence-electron chi connectivity index (χ2n) is 5.63. The molecule has 0 saturated heterocycles. The van der Waals surface area contributed by atoms with Gasteiger partial charge in [-0.15, -0.1) is 0 Å². The van der Waals surface area contributed by atoms with E-state index in [2.05, 4.69) is 89.6 Å². The molecule has 0 spiro atoms. The summed E-state index contributed by atoms with van der Waals surface area (Å²) in [5.74, 6) is 0.350. The molecule has 1 aliphatic carbocycles. The molecule has 0 aliphatic heterocycles. The van der Waals surface area contributed by atoms with E-state index in [9.17, 15) is 0 Å². The van der Waals surface area contributed by atoms with Crippen molar-refractivity contribution in [1.29, 1.82) is 0 Å². The van der Waals surface area contributed by atoms with Gasteiger partial charge in [0.05, 0.1) is 0 Å². The molecule has 102 valence electrons. The molecular weight excluding hydrogens is 320 g/mol. The van der Waals surface area contributed by atoms with Crippen LogP contribution in [0.2, 0.25) is 0 Å². The van der Waals surface area contributed by atoms with Gasteiger partial charge in [0.25, 0.3) is 0 Å². The van der Waals surface area contributed by atoms with Gasteiger partial charge >= 0.3 is 0 Å². The van der Waals surface area contributed by atoms with Crippen molar-refractivity contribution in [2.24, 2.45) is 0 Å². The SMILES string of the molecule is Cc1cccc2c(C3C=Cc4ccccc43)cc(Br)cc12. The van der Waals surface area contributed by atoms with Crippen molar-refractivity contribution in [3.8, 4) is 0 Å². The Bertz CT molecular complexity index is 874. The molecule has 1 aliphatic rings. The fourth-order valence-electron chi connectivity index (χ4n) is 3.31. The van der Waals surface area contributed by atoms with Crippen LogP contribution in [0.5, 0.6) is 0 Å². The summed E-state index contributed by atoms with van der Waals surface area (Å²) in [6, 6.07) is 19.7. The Balaban J connectivity index is 2.00. The lowest BCUT2D eigenvalue weighted by molar-refractivity contribution is 1.06. The Morgan fingerprint density at radius 1 is 0.857 bits per heavy atom. The van der Waals surface area contributed by atoms with Crippen molar-refractivity contribution < 1.29 is 0 Å². The van der Waals surface area contributed by atoms with Crippen LogP contribution < -0.4 is 0 Å². The Kier molecular flexibility index (Phi) is 2.97. The van der Waals surface area contributed by atoms with E-state index in [0.717, 1.165) is 4.47 Å². The largest absolute Gasteiger partial charge is 0.0720 e. The third kappa shape index (κ3) is 2.04. The lowest BCUT2D eigenvalue weighted by Crippen LogP contribution is -1.98. The predicted octanol–water partition coefficient (Wildman–Crippen LogP) is 6.07. The molecule has 0 heterocycles. The molecule has 0 amide bonds. The number of fused-ring (bicyclic) bond motifs is 2. The maximum absolute atomic E-state index is 3.68. The predicted molar refractivity (Wildman–Crippen MR) is 93.7 cm³/mol. The quantitative estimate of drug-likeness (QED) is 0.506. The summed E-state index contributed by atoms with van der Waals surface area (Å²) in [5.41, 5.74) is 5.44. The zero-order valence-electron chi connectivity index (χ0n) is 11.8. The molecule has 0 nitrogen and oxygen atoms in total. The Labute approximate surface area is 133 Å². The number of aryl methyl sites for hydroxylation is 1. The van der Waals surface area contributed by atoms with Gasteiger partial charge in [0.15, 0.2) is 0 Å². The van der Waals surface area contributed by atoms with Gasteiger partial charge < -0.3 is 0 Å². The number of hydrogen-bond donors (Lipinski definition) is 0. The van der Waals surface area contributed by atoms with Crippen LogP contribution in [0.15, 0.2) is 65.1 Å². The summed E-state index contributed by atoms with van der Waals surface area (Å²) >= 11 is 3.68. The van der Waals surface area contributed by atoms with E-state index in [-0.39, 0.29) is 0 Å². The van der Waals surface area contributed by atoms with Crippen LogP contribution in [0.25, 0.3) is 16.8 Å². The van der Waals surface area contributed by atoms with Crippen LogP contribution in [-0.4, -0.2) is 0 Å². The zero-order chi connectivity index (χ0) is 14.4. The van der Waals surface area contributed by atoms with Crippen molar-refractivity contribution in [3.05, 3.63) is 87.4 Å². The number of rotatable bonds is 1. The molecule has 1 atom stereocenters. The van der Waals surface area contributed by atoms with Gasteiger partial charge in [-0.25, -0.2) is 0 Å². The minimum Gasteiger partial charge on any atom is -0.0720 e. The monoisotopic (exact) mass is 334 g/mol. The summed E-state index contributed by atoms with van der Waals surface area (Å²) in [5, 5.41) is 2.68. The van der Waals surface area contributed by atoms with E-state index in [1.165, 1.54) is 33.0 Å². The van der Waals surface area contributed by atoms with E-state index in [4.69, 9.17) is 0 Å². The summed E-state index contributed by atoms with van der Waals surface area (Å²) in [6.45, 7) is 2.18. The fourth-order valence-corrected chi connectivity index (χ4v) is 3.78. The molecule has 0 N–H and O–H groups in total. The first-order valence-corrected chi connectivity index (χ1v) is 7.99. The second kappa shape index (κ2) is 4.85. The van der Waals surface area contributed by atoms with Gasteiger partial charge in [-0.05, 0) is 52.1 Å². The third-order valence-electron chi connectivity index (χ3n) is 4.35. The summed E-state index contributed by atoms with van der Waals surface area (Å²) in [4.78, 5) is 0. The van der Waals surface area contributed by atoms with Crippen molar-refractivity contribution in [1.82, 2.24) is 0 Å². The maximum atomic E-state index is 3.68. The Morgan fingerprint density at radius 3 is 2.62 bits per heavy atom. The minimum atomic E-state index is 0.350. The molecule has 0 radical (unpaired) electrons. The number of hydrogen-bond acceptors (Lipinski definition) is 0. The van der Waals surface area contributed by atoms with E-state index in [0.29, 0.717) is 5.92 Å². The van der Waals surface area contributed by atoms with Gasteiger partial charge in [0, 0.05) is 10.4 Å². The van der Waals surface area contributed by atoms with Gasteiger partial charge in [-0.1, -0.05) is 70.5 Å². The molecule has 0 aromatic heterocycles. The van der Waals surface area contributed by atoms with E-state index in [1.807, 2.05) is 0 Å². The molecule has 3 aromatic carbocycles.